The van der Waals surface area contributed by atoms with E-state index in [2.05, 4.69) is 10.3 Å². The highest BCUT2D eigenvalue weighted by Gasteiger charge is 2.07. The van der Waals surface area contributed by atoms with Crippen molar-refractivity contribution in [3.05, 3.63) is 45.8 Å². The van der Waals surface area contributed by atoms with Crippen LogP contribution in [0.15, 0.2) is 30.5 Å². The molecule has 94 valence electrons. The van der Waals surface area contributed by atoms with Crippen molar-refractivity contribution in [3.8, 4) is 5.88 Å². The molecule has 0 unspecified atom stereocenters. The van der Waals surface area contributed by atoms with Crippen LogP contribution in [0.2, 0.25) is 0 Å². The lowest BCUT2D eigenvalue weighted by atomic mass is 10.2. The van der Waals surface area contributed by atoms with Gasteiger partial charge in [0.2, 0.25) is 5.88 Å². The molecule has 1 amide bonds. The zero-order chi connectivity index (χ0) is 13.0. The van der Waals surface area contributed by atoms with Crippen LogP contribution in [-0.2, 0) is 6.54 Å². The van der Waals surface area contributed by atoms with Gasteiger partial charge in [-0.2, -0.15) is 0 Å². The summed E-state index contributed by atoms with van der Waals surface area (Å²) in [7, 11) is 1.57. The maximum absolute atomic E-state index is 11.8. The Bertz CT molecular complexity index is 551. The predicted molar refractivity (Wildman–Crippen MR) is 71.0 cm³/mol. The van der Waals surface area contributed by atoms with Crippen LogP contribution in [0.3, 0.4) is 0 Å². The number of carbonyl (C=O) groups is 1. The molecule has 18 heavy (non-hydrogen) atoms. The van der Waals surface area contributed by atoms with E-state index < -0.39 is 0 Å². The fraction of sp³-hybridized carbons (Fsp3) is 0.231. The summed E-state index contributed by atoms with van der Waals surface area (Å²) in [6.07, 6.45) is 1.66. The number of methoxy groups -OCH3 is 1. The monoisotopic (exact) mass is 262 g/mol. The lowest BCUT2D eigenvalue weighted by molar-refractivity contribution is 0.0955. The molecule has 0 aliphatic carbocycles. The first-order chi connectivity index (χ1) is 8.69. The predicted octanol–water partition coefficient (Wildman–Crippen LogP) is 2.39. The molecule has 0 aromatic carbocycles. The lowest BCUT2D eigenvalue weighted by Gasteiger charge is -2.05. The van der Waals surface area contributed by atoms with E-state index in [9.17, 15) is 4.79 Å². The van der Waals surface area contributed by atoms with Gasteiger partial charge in [-0.1, -0.05) is 0 Å². The van der Waals surface area contributed by atoms with Crippen LogP contribution in [0.4, 0.5) is 0 Å². The quantitative estimate of drug-likeness (QED) is 0.920. The first kappa shape index (κ1) is 12.6. The van der Waals surface area contributed by atoms with Gasteiger partial charge < -0.3 is 10.1 Å². The number of hydrogen-bond acceptors (Lipinski definition) is 4. The van der Waals surface area contributed by atoms with Gasteiger partial charge in [0.25, 0.3) is 5.91 Å². The minimum absolute atomic E-state index is 0.0520. The van der Waals surface area contributed by atoms with Gasteiger partial charge in [-0.15, -0.1) is 11.3 Å². The molecule has 0 spiro atoms. The highest BCUT2D eigenvalue weighted by atomic mass is 32.1. The maximum atomic E-state index is 11.8. The van der Waals surface area contributed by atoms with Crippen molar-refractivity contribution >= 4 is 17.2 Å². The van der Waals surface area contributed by atoms with Crippen LogP contribution in [0.1, 0.15) is 20.1 Å². The number of rotatable bonds is 4. The van der Waals surface area contributed by atoms with Crippen molar-refractivity contribution in [1.82, 2.24) is 10.3 Å². The minimum Gasteiger partial charge on any atom is -0.481 e. The van der Waals surface area contributed by atoms with Crippen molar-refractivity contribution in [2.45, 2.75) is 13.5 Å². The summed E-state index contributed by atoms with van der Waals surface area (Å²) < 4.78 is 5.03. The first-order valence-electron chi connectivity index (χ1n) is 5.52. The Hall–Kier alpha value is -1.88. The summed E-state index contributed by atoms with van der Waals surface area (Å²) in [6, 6.07) is 7.43. The second-order valence-electron chi connectivity index (χ2n) is 3.80. The molecule has 4 nitrogen and oxygen atoms in total. The van der Waals surface area contributed by atoms with E-state index in [1.807, 2.05) is 25.1 Å². The topological polar surface area (TPSA) is 51.2 Å². The molecule has 1 N–H and O–H groups in total. The van der Waals surface area contributed by atoms with E-state index in [1.165, 1.54) is 11.3 Å². The molecule has 0 aliphatic rings. The summed E-state index contributed by atoms with van der Waals surface area (Å²) in [5.74, 6) is 0.498. The molecule has 5 heteroatoms. The average molecular weight is 262 g/mol. The van der Waals surface area contributed by atoms with Crippen LogP contribution in [0, 0.1) is 6.92 Å². The summed E-state index contributed by atoms with van der Waals surface area (Å²) in [4.78, 5) is 17.7. The Balaban J connectivity index is 1.97. The Kier molecular flexibility index (Phi) is 3.94. The van der Waals surface area contributed by atoms with Gasteiger partial charge in [0.1, 0.15) is 0 Å². The van der Waals surface area contributed by atoms with Crippen molar-refractivity contribution < 1.29 is 9.53 Å². The van der Waals surface area contributed by atoms with Crippen LogP contribution >= 0.6 is 11.3 Å². The van der Waals surface area contributed by atoms with Gasteiger partial charge in [-0.05, 0) is 30.7 Å². The Morgan fingerprint density at radius 1 is 1.44 bits per heavy atom. The normalized spacial score (nSPS) is 10.1. The Morgan fingerprint density at radius 3 is 2.94 bits per heavy atom. The number of carbonyl (C=O) groups excluding carboxylic acids is 1. The van der Waals surface area contributed by atoms with Gasteiger partial charge in [0.15, 0.2) is 0 Å². The second kappa shape index (κ2) is 5.64. The lowest BCUT2D eigenvalue weighted by Crippen LogP contribution is -2.21. The maximum Gasteiger partial charge on any atom is 0.261 e. The van der Waals surface area contributed by atoms with Gasteiger partial charge in [0.05, 0.1) is 12.0 Å². The first-order valence-corrected chi connectivity index (χ1v) is 6.34. The number of ether oxygens (including phenoxy) is 1. The second-order valence-corrected chi connectivity index (χ2v) is 5.09. The van der Waals surface area contributed by atoms with E-state index in [4.69, 9.17) is 4.74 Å². The van der Waals surface area contributed by atoms with E-state index in [0.717, 1.165) is 15.3 Å². The standard InChI is InChI=1S/C13H14N2O2S/c1-9-3-4-11(18-9)13(16)15-8-10-5-6-14-12(7-10)17-2/h3-7H,8H2,1-2H3,(H,15,16). The van der Waals surface area contributed by atoms with Gasteiger partial charge in [0, 0.05) is 23.7 Å². The molecule has 2 rings (SSSR count). The largest absolute Gasteiger partial charge is 0.481 e. The van der Waals surface area contributed by atoms with Crippen LogP contribution in [0.5, 0.6) is 5.88 Å². The molecule has 2 aromatic heterocycles. The molecule has 0 bridgehead atoms. The van der Waals surface area contributed by atoms with Gasteiger partial charge >= 0.3 is 0 Å². The third kappa shape index (κ3) is 3.07. The van der Waals surface area contributed by atoms with Crippen molar-refractivity contribution in [2.24, 2.45) is 0 Å². The summed E-state index contributed by atoms with van der Waals surface area (Å²) >= 11 is 1.49. The number of aromatic nitrogens is 1. The number of hydrogen-bond donors (Lipinski definition) is 1. The molecule has 0 radical (unpaired) electrons. The zero-order valence-corrected chi connectivity index (χ0v) is 11.1. The Morgan fingerprint density at radius 2 is 2.28 bits per heavy atom. The van der Waals surface area contributed by atoms with Crippen molar-refractivity contribution in [1.29, 1.82) is 0 Å². The highest BCUT2D eigenvalue weighted by Crippen LogP contribution is 2.15. The van der Waals surface area contributed by atoms with Crippen LogP contribution in [0.25, 0.3) is 0 Å². The fourth-order valence-corrected chi connectivity index (χ4v) is 2.28. The fourth-order valence-electron chi connectivity index (χ4n) is 1.50. The molecule has 0 saturated carbocycles. The molecular weight excluding hydrogens is 248 g/mol. The number of aryl methyl sites for hydroxylation is 1. The smallest absolute Gasteiger partial charge is 0.261 e. The van der Waals surface area contributed by atoms with Crippen molar-refractivity contribution in [2.75, 3.05) is 7.11 Å². The zero-order valence-electron chi connectivity index (χ0n) is 10.3. The van der Waals surface area contributed by atoms with E-state index >= 15 is 0 Å². The van der Waals surface area contributed by atoms with Crippen molar-refractivity contribution in [3.63, 3.8) is 0 Å². The Labute approximate surface area is 110 Å². The molecule has 0 atom stereocenters. The van der Waals surface area contributed by atoms with E-state index in [1.54, 1.807) is 19.4 Å². The summed E-state index contributed by atoms with van der Waals surface area (Å²) in [5, 5.41) is 2.87. The van der Waals surface area contributed by atoms with Crippen LogP contribution < -0.4 is 10.1 Å². The molecule has 0 fully saturated rings. The molecule has 0 saturated heterocycles. The van der Waals surface area contributed by atoms with E-state index in [-0.39, 0.29) is 5.91 Å². The number of thiophene rings is 1. The highest BCUT2D eigenvalue weighted by molar-refractivity contribution is 7.13. The number of amides is 1. The number of nitrogens with zero attached hydrogens (tertiary/aromatic N) is 1. The average Bonchev–Trinajstić information content (AvgIpc) is 2.83. The van der Waals surface area contributed by atoms with Gasteiger partial charge in [-0.3, -0.25) is 4.79 Å². The molecule has 2 aromatic rings. The molecule has 0 aliphatic heterocycles. The number of pyridine rings is 1. The number of nitrogens with one attached hydrogen (secondary N) is 1. The minimum atomic E-state index is -0.0520. The van der Waals surface area contributed by atoms with E-state index in [0.29, 0.717) is 12.4 Å². The SMILES string of the molecule is COc1cc(CNC(=O)c2ccc(C)s2)ccn1. The summed E-state index contributed by atoms with van der Waals surface area (Å²) in [5.41, 5.74) is 0.962. The third-order valence-electron chi connectivity index (χ3n) is 2.43. The third-order valence-corrected chi connectivity index (χ3v) is 3.43. The molecule has 2 heterocycles. The molecular formula is C13H14N2O2S. The van der Waals surface area contributed by atoms with Crippen LogP contribution in [-0.4, -0.2) is 18.0 Å². The van der Waals surface area contributed by atoms with Gasteiger partial charge in [-0.25, -0.2) is 4.98 Å². The summed E-state index contributed by atoms with van der Waals surface area (Å²) in [6.45, 7) is 2.45.